The quantitative estimate of drug-likeness (QED) is 0.232. The number of aliphatic imine (C=N–C) groups is 1. The number of hydrogen-bond acceptors (Lipinski definition) is 3. The molecule has 0 saturated heterocycles. The zero-order valence-corrected chi connectivity index (χ0v) is 17.8. The second-order valence-electron chi connectivity index (χ2n) is 7.58. The van der Waals surface area contributed by atoms with Gasteiger partial charge in [0.1, 0.15) is 11.3 Å². The molecule has 1 aliphatic carbocycles. The predicted molar refractivity (Wildman–Crippen MR) is 120 cm³/mol. The molecule has 1 fully saturated rings. The van der Waals surface area contributed by atoms with Gasteiger partial charge in [0.2, 0.25) is 0 Å². The Morgan fingerprint density at radius 3 is 2.45 bits per heavy atom. The molecule has 0 amide bonds. The Kier molecular flexibility index (Phi) is 7.77. The van der Waals surface area contributed by atoms with E-state index in [1.54, 1.807) is 0 Å². The number of hydrogen-bond donors (Lipinski definition) is 2. The average molecular weight is 394 g/mol. The van der Waals surface area contributed by atoms with Crippen molar-refractivity contribution in [3.63, 3.8) is 0 Å². The van der Waals surface area contributed by atoms with Gasteiger partial charge in [-0.1, -0.05) is 37.8 Å². The number of benzene rings is 1. The minimum atomic E-state index is -1.20. The second-order valence-corrected chi connectivity index (χ2v) is 7.58. The van der Waals surface area contributed by atoms with E-state index in [1.165, 1.54) is 12.3 Å². The number of carboxylic acid groups (broad SMARTS) is 1. The van der Waals surface area contributed by atoms with Crippen molar-refractivity contribution >= 4 is 17.8 Å². The third-order valence-corrected chi connectivity index (χ3v) is 5.20. The normalized spacial score (nSPS) is 16.5. The number of aliphatic carboxylic acids is 1. The molecular formula is C25H31NO3. The summed E-state index contributed by atoms with van der Waals surface area (Å²) in [6, 6.07) is 8.19. The molecule has 1 aromatic carbocycles. The largest absolute Gasteiger partial charge is 0.507 e. The van der Waals surface area contributed by atoms with Crippen LogP contribution in [0.1, 0.15) is 51.2 Å². The van der Waals surface area contributed by atoms with Crippen LogP contribution in [0.3, 0.4) is 0 Å². The van der Waals surface area contributed by atoms with Crippen molar-refractivity contribution in [2.24, 2.45) is 10.9 Å². The van der Waals surface area contributed by atoms with Gasteiger partial charge in [-0.25, -0.2) is 4.79 Å². The fraction of sp³-hybridized carbons (Fsp3) is 0.360. The lowest BCUT2D eigenvalue weighted by Crippen LogP contribution is -2.06. The van der Waals surface area contributed by atoms with Crippen LogP contribution in [0.4, 0.5) is 0 Å². The lowest BCUT2D eigenvalue weighted by Gasteiger charge is -2.18. The Bertz CT molecular complexity index is 912. The van der Waals surface area contributed by atoms with Crippen LogP contribution < -0.4 is 0 Å². The molecule has 0 heterocycles. The van der Waals surface area contributed by atoms with Crippen LogP contribution in [0.5, 0.6) is 0 Å². The van der Waals surface area contributed by atoms with Gasteiger partial charge < -0.3 is 10.2 Å². The Hall–Kier alpha value is -2.88. The van der Waals surface area contributed by atoms with E-state index < -0.39 is 5.97 Å². The van der Waals surface area contributed by atoms with Gasteiger partial charge in [-0.3, -0.25) is 4.99 Å². The number of allylic oxidation sites excluding steroid dienone is 5. The van der Waals surface area contributed by atoms with E-state index in [-0.39, 0.29) is 11.3 Å². The fourth-order valence-corrected chi connectivity index (χ4v) is 3.21. The van der Waals surface area contributed by atoms with Gasteiger partial charge in [0.25, 0.3) is 0 Å². The summed E-state index contributed by atoms with van der Waals surface area (Å²) in [6.45, 7) is 12.8. The van der Waals surface area contributed by atoms with E-state index in [2.05, 4.69) is 30.6 Å². The third kappa shape index (κ3) is 5.80. The molecule has 2 rings (SSSR count). The first-order valence-electron chi connectivity index (χ1n) is 10.1. The molecule has 0 radical (unpaired) electrons. The summed E-state index contributed by atoms with van der Waals surface area (Å²) < 4.78 is 0. The molecule has 1 aromatic rings. The first-order chi connectivity index (χ1) is 13.8. The summed E-state index contributed by atoms with van der Waals surface area (Å²) in [6.07, 6.45) is 5.84. The summed E-state index contributed by atoms with van der Waals surface area (Å²) in [7, 11) is 0. The summed E-state index contributed by atoms with van der Waals surface area (Å²) in [5, 5.41) is 19.9. The third-order valence-electron chi connectivity index (χ3n) is 5.20. The van der Waals surface area contributed by atoms with Crippen molar-refractivity contribution in [2.45, 2.75) is 47.0 Å². The molecule has 0 aromatic heterocycles. The SMILES string of the molecule is C=C(/C(=C(C)/C(C)=C/C(O)=C(\C=NCCC)C(=O)O)c1ccccc1C)C1CC1. The van der Waals surface area contributed by atoms with Crippen molar-refractivity contribution in [3.05, 3.63) is 76.1 Å². The molecule has 1 saturated carbocycles. The lowest BCUT2D eigenvalue weighted by molar-refractivity contribution is -0.132. The van der Waals surface area contributed by atoms with Crippen LogP contribution in [-0.4, -0.2) is 28.9 Å². The number of aliphatic hydroxyl groups is 1. The van der Waals surface area contributed by atoms with Crippen molar-refractivity contribution in [3.8, 4) is 0 Å². The number of aliphatic hydroxyl groups excluding tert-OH is 1. The van der Waals surface area contributed by atoms with E-state index in [0.717, 1.165) is 52.7 Å². The van der Waals surface area contributed by atoms with Crippen LogP contribution in [-0.2, 0) is 4.79 Å². The standard InChI is InChI=1S/C25H31NO3/c1-6-13-26-15-22(25(28)29)23(27)14-17(3)18(4)24(19(5)20-11-12-20)21-10-8-7-9-16(21)2/h7-10,14-15,20,27H,5-6,11-13H2,1-4H3,(H,28,29)/b17-14+,23-22-,24-18-,26-15?. The van der Waals surface area contributed by atoms with Gasteiger partial charge in [0.15, 0.2) is 0 Å². The molecule has 0 bridgehead atoms. The van der Waals surface area contributed by atoms with Gasteiger partial charge >= 0.3 is 5.97 Å². The predicted octanol–water partition coefficient (Wildman–Crippen LogP) is 6.06. The van der Waals surface area contributed by atoms with Gasteiger partial charge in [-0.05, 0) is 85.4 Å². The highest BCUT2D eigenvalue weighted by molar-refractivity contribution is 6.09. The van der Waals surface area contributed by atoms with Crippen LogP contribution in [0, 0.1) is 12.8 Å². The Balaban J connectivity index is 2.55. The van der Waals surface area contributed by atoms with Crippen LogP contribution in [0.25, 0.3) is 5.57 Å². The monoisotopic (exact) mass is 393 g/mol. The zero-order valence-electron chi connectivity index (χ0n) is 17.8. The van der Waals surface area contributed by atoms with Crippen molar-refractivity contribution in [2.75, 3.05) is 6.54 Å². The molecule has 29 heavy (non-hydrogen) atoms. The molecule has 1 aliphatic rings. The topological polar surface area (TPSA) is 69.9 Å². The number of rotatable bonds is 9. The Morgan fingerprint density at radius 1 is 1.24 bits per heavy atom. The number of carboxylic acids is 1. The molecule has 0 aliphatic heterocycles. The van der Waals surface area contributed by atoms with E-state index in [0.29, 0.717) is 12.5 Å². The maximum absolute atomic E-state index is 11.5. The molecular weight excluding hydrogens is 362 g/mol. The highest BCUT2D eigenvalue weighted by atomic mass is 16.4. The van der Waals surface area contributed by atoms with Gasteiger partial charge in [-0.15, -0.1) is 0 Å². The van der Waals surface area contributed by atoms with Crippen LogP contribution in [0.2, 0.25) is 0 Å². The number of carbonyl (C=O) groups is 1. The molecule has 0 atom stereocenters. The number of aryl methyl sites for hydroxylation is 1. The highest BCUT2D eigenvalue weighted by Crippen LogP contribution is 2.44. The van der Waals surface area contributed by atoms with Crippen molar-refractivity contribution in [1.82, 2.24) is 0 Å². The average Bonchev–Trinajstić information content (AvgIpc) is 3.51. The molecule has 4 heteroatoms. The van der Waals surface area contributed by atoms with Crippen LogP contribution >= 0.6 is 0 Å². The first kappa shape index (κ1) is 22.4. The first-order valence-corrected chi connectivity index (χ1v) is 10.1. The summed E-state index contributed by atoms with van der Waals surface area (Å²) >= 11 is 0. The van der Waals surface area contributed by atoms with Crippen LogP contribution in [0.15, 0.2) is 70.0 Å². The molecule has 2 N–H and O–H groups in total. The Morgan fingerprint density at radius 2 is 1.90 bits per heavy atom. The molecule has 4 nitrogen and oxygen atoms in total. The Labute approximate surface area is 173 Å². The summed E-state index contributed by atoms with van der Waals surface area (Å²) in [4.78, 5) is 15.6. The van der Waals surface area contributed by atoms with E-state index in [1.807, 2.05) is 32.9 Å². The molecule has 0 unspecified atom stereocenters. The maximum Gasteiger partial charge on any atom is 0.341 e. The summed E-state index contributed by atoms with van der Waals surface area (Å²) in [5.74, 6) is -1.00. The summed E-state index contributed by atoms with van der Waals surface area (Å²) in [5.41, 5.74) is 6.06. The second kappa shape index (κ2) is 10.1. The van der Waals surface area contributed by atoms with Crippen molar-refractivity contribution in [1.29, 1.82) is 0 Å². The smallest absolute Gasteiger partial charge is 0.341 e. The fourth-order valence-electron chi connectivity index (χ4n) is 3.21. The highest BCUT2D eigenvalue weighted by Gasteiger charge is 2.28. The zero-order chi connectivity index (χ0) is 21.6. The minimum Gasteiger partial charge on any atom is -0.507 e. The van der Waals surface area contributed by atoms with E-state index >= 15 is 0 Å². The minimum absolute atomic E-state index is 0.205. The van der Waals surface area contributed by atoms with E-state index in [9.17, 15) is 15.0 Å². The van der Waals surface area contributed by atoms with Gasteiger partial charge in [-0.2, -0.15) is 0 Å². The molecule has 154 valence electrons. The van der Waals surface area contributed by atoms with Gasteiger partial charge in [0, 0.05) is 12.8 Å². The van der Waals surface area contributed by atoms with Crippen molar-refractivity contribution < 1.29 is 15.0 Å². The maximum atomic E-state index is 11.5. The molecule has 0 spiro atoms. The van der Waals surface area contributed by atoms with E-state index in [4.69, 9.17) is 0 Å². The van der Waals surface area contributed by atoms with Gasteiger partial charge in [0.05, 0.1) is 0 Å². The number of nitrogens with zero attached hydrogens (tertiary/aromatic N) is 1. The lowest BCUT2D eigenvalue weighted by atomic mass is 9.87.